The fourth-order valence-electron chi connectivity index (χ4n) is 1.69. The molecule has 2 rings (SSSR count). The molecule has 21 heavy (non-hydrogen) atoms. The summed E-state index contributed by atoms with van der Waals surface area (Å²) in [6.45, 7) is 2.39. The molecule has 0 aliphatic heterocycles. The van der Waals surface area contributed by atoms with Crippen LogP contribution in [-0.2, 0) is 0 Å². The maximum absolute atomic E-state index is 5.33. The van der Waals surface area contributed by atoms with Crippen molar-refractivity contribution in [1.29, 1.82) is 0 Å². The summed E-state index contributed by atoms with van der Waals surface area (Å²) in [6.07, 6.45) is 0. The number of nitrogens with one attached hydrogen (secondary N) is 2. The molecule has 0 saturated carbocycles. The summed E-state index contributed by atoms with van der Waals surface area (Å²) in [5.41, 5.74) is 2.03. The predicted molar refractivity (Wildman–Crippen MR) is 84.6 cm³/mol. The standard InChI is InChI=1S/C14H20N6O/c1-5-21-14-18-12(15-2)17-13(19-14)16-10-6-8-11(9-7-10)20(3)4/h6-9H,5H2,1-4H3,(H2,15,16,17,18,19). The highest BCUT2D eigenvalue weighted by atomic mass is 16.5. The van der Waals surface area contributed by atoms with E-state index >= 15 is 0 Å². The Morgan fingerprint density at radius 1 is 1.05 bits per heavy atom. The fraction of sp³-hybridized carbons (Fsp3) is 0.357. The van der Waals surface area contributed by atoms with E-state index in [1.807, 2.05) is 50.2 Å². The van der Waals surface area contributed by atoms with Crippen LogP contribution in [-0.4, -0.2) is 42.7 Å². The molecule has 2 N–H and O–H groups in total. The van der Waals surface area contributed by atoms with E-state index in [1.54, 1.807) is 7.05 Å². The molecule has 0 saturated heterocycles. The van der Waals surface area contributed by atoms with E-state index in [0.717, 1.165) is 11.4 Å². The largest absolute Gasteiger partial charge is 0.464 e. The molecule has 1 heterocycles. The zero-order valence-corrected chi connectivity index (χ0v) is 12.7. The molecule has 0 atom stereocenters. The molecule has 2 aromatic rings. The van der Waals surface area contributed by atoms with E-state index in [2.05, 4.69) is 25.6 Å². The summed E-state index contributed by atoms with van der Waals surface area (Å²) in [4.78, 5) is 14.6. The maximum Gasteiger partial charge on any atom is 0.323 e. The van der Waals surface area contributed by atoms with Gasteiger partial charge in [0.1, 0.15) is 0 Å². The van der Waals surface area contributed by atoms with E-state index in [9.17, 15) is 0 Å². The van der Waals surface area contributed by atoms with Crippen LogP contribution in [0.25, 0.3) is 0 Å². The number of benzene rings is 1. The molecule has 0 aliphatic rings. The van der Waals surface area contributed by atoms with Crippen LogP contribution in [0.1, 0.15) is 6.92 Å². The Hall–Kier alpha value is -2.57. The van der Waals surface area contributed by atoms with Gasteiger partial charge in [-0.1, -0.05) is 0 Å². The molecule has 112 valence electrons. The Balaban J connectivity index is 2.19. The van der Waals surface area contributed by atoms with E-state index in [0.29, 0.717) is 24.5 Å². The second kappa shape index (κ2) is 6.74. The number of aromatic nitrogens is 3. The number of hydrogen-bond donors (Lipinski definition) is 2. The highest BCUT2D eigenvalue weighted by Crippen LogP contribution is 2.19. The first-order chi connectivity index (χ1) is 10.1. The van der Waals surface area contributed by atoms with Crippen molar-refractivity contribution in [3.05, 3.63) is 24.3 Å². The molecule has 7 nitrogen and oxygen atoms in total. The minimum atomic E-state index is 0.296. The van der Waals surface area contributed by atoms with Gasteiger partial charge in [-0.25, -0.2) is 0 Å². The van der Waals surface area contributed by atoms with Gasteiger partial charge in [0.15, 0.2) is 0 Å². The second-order valence-corrected chi connectivity index (χ2v) is 4.51. The lowest BCUT2D eigenvalue weighted by molar-refractivity contribution is 0.312. The molecule has 0 radical (unpaired) electrons. The minimum Gasteiger partial charge on any atom is -0.464 e. The number of hydrogen-bond acceptors (Lipinski definition) is 7. The molecular weight excluding hydrogens is 268 g/mol. The molecule has 7 heteroatoms. The molecule has 1 aromatic carbocycles. The first-order valence-corrected chi connectivity index (χ1v) is 6.73. The van der Waals surface area contributed by atoms with Gasteiger partial charge < -0.3 is 20.3 Å². The van der Waals surface area contributed by atoms with Gasteiger partial charge in [0.25, 0.3) is 0 Å². The van der Waals surface area contributed by atoms with Gasteiger partial charge in [0.2, 0.25) is 11.9 Å². The Kier molecular flexibility index (Phi) is 4.76. The lowest BCUT2D eigenvalue weighted by atomic mass is 10.2. The van der Waals surface area contributed by atoms with Crippen LogP contribution in [0.15, 0.2) is 24.3 Å². The van der Waals surface area contributed by atoms with Crippen molar-refractivity contribution in [2.24, 2.45) is 0 Å². The van der Waals surface area contributed by atoms with Crippen molar-refractivity contribution in [1.82, 2.24) is 15.0 Å². The van der Waals surface area contributed by atoms with Crippen LogP contribution in [0, 0.1) is 0 Å². The van der Waals surface area contributed by atoms with Crippen LogP contribution in [0.3, 0.4) is 0 Å². The smallest absolute Gasteiger partial charge is 0.323 e. The van der Waals surface area contributed by atoms with Crippen molar-refractivity contribution in [2.75, 3.05) is 43.3 Å². The summed E-state index contributed by atoms with van der Waals surface area (Å²) in [5.74, 6) is 0.899. The third-order valence-corrected chi connectivity index (χ3v) is 2.75. The third kappa shape index (κ3) is 3.95. The highest BCUT2D eigenvalue weighted by Gasteiger charge is 2.06. The molecule has 0 aliphatic carbocycles. The molecule has 0 fully saturated rings. The first-order valence-electron chi connectivity index (χ1n) is 6.73. The first kappa shape index (κ1) is 14.8. The topological polar surface area (TPSA) is 75.2 Å². The Morgan fingerprint density at radius 3 is 2.29 bits per heavy atom. The van der Waals surface area contributed by atoms with Crippen molar-refractivity contribution in [3.63, 3.8) is 0 Å². The molecule has 0 amide bonds. The highest BCUT2D eigenvalue weighted by molar-refractivity contribution is 5.59. The summed E-state index contributed by atoms with van der Waals surface area (Å²) in [6, 6.07) is 8.28. The minimum absolute atomic E-state index is 0.296. The van der Waals surface area contributed by atoms with Gasteiger partial charge in [-0.2, -0.15) is 15.0 Å². The number of nitrogens with zero attached hydrogens (tertiary/aromatic N) is 4. The summed E-state index contributed by atoms with van der Waals surface area (Å²) in [7, 11) is 5.75. The quantitative estimate of drug-likeness (QED) is 0.843. The van der Waals surface area contributed by atoms with Gasteiger partial charge in [0, 0.05) is 32.5 Å². The zero-order chi connectivity index (χ0) is 15.2. The van der Waals surface area contributed by atoms with E-state index in [-0.39, 0.29) is 0 Å². The van der Waals surface area contributed by atoms with Crippen molar-refractivity contribution < 1.29 is 4.74 Å². The summed E-state index contributed by atoms with van der Waals surface area (Å²) in [5, 5.41) is 6.03. The maximum atomic E-state index is 5.33. The van der Waals surface area contributed by atoms with Gasteiger partial charge in [0.05, 0.1) is 6.61 Å². The number of ether oxygens (including phenoxy) is 1. The average molecular weight is 288 g/mol. The van der Waals surface area contributed by atoms with E-state index in [4.69, 9.17) is 4.74 Å². The zero-order valence-electron chi connectivity index (χ0n) is 12.7. The molecular formula is C14H20N6O. The number of anilines is 4. The van der Waals surface area contributed by atoms with Crippen molar-refractivity contribution in [2.45, 2.75) is 6.92 Å². The average Bonchev–Trinajstić information content (AvgIpc) is 2.48. The Labute approximate surface area is 124 Å². The van der Waals surface area contributed by atoms with E-state index in [1.165, 1.54) is 0 Å². The summed E-state index contributed by atoms with van der Waals surface area (Å²) < 4.78 is 5.33. The monoisotopic (exact) mass is 288 g/mol. The van der Waals surface area contributed by atoms with Crippen molar-refractivity contribution in [3.8, 4) is 6.01 Å². The molecule has 0 unspecified atom stereocenters. The van der Waals surface area contributed by atoms with Gasteiger partial charge in [-0.05, 0) is 31.2 Å². The Bertz CT molecular complexity index is 585. The Morgan fingerprint density at radius 2 is 1.71 bits per heavy atom. The van der Waals surface area contributed by atoms with Crippen LogP contribution >= 0.6 is 0 Å². The van der Waals surface area contributed by atoms with Crippen LogP contribution in [0.4, 0.5) is 23.3 Å². The van der Waals surface area contributed by atoms with Gasteiger partial charge >= 0.3 is 6.01 Å². The van der Waals surface area contributed by atoms with Crippen LogP contribution in [0.5, 0.6) is 6.01 Å². The molecule has 0 bridgehead atoms. The predicted octanol–water partition coefficient (Wildman–Crippen LogP) is 2.12. The van der Waals surface area contributed by atoms with Gasteiger partial charge in [-0.3, -0.25) is 0 Å². The lowest BCUT2D eigenvalue weighted by Crippen LogP contribution is -2.09. The van der Waals surface area contributed by atoms with Crippen LogP contribution < -0.4 is 20.3 Å². The number of rotatable bonds is 6. The lowest BCUT2D eigenvalue weighted by Gasteiger charge is -2.13. The fourth-order valence-corrected chi connectivity index (χ4v) is 1.69. The molecule has 0 spiro atoms. The van der Waals surface area contributed by atoms with Gasteiger partial charge in [-0.15, -0.1) is 0 Å². The second-order valence-electron chi connectivity index (χ2n) is 4.51. The van der Waals surface area contributed by atoms with Crippen molar-refractivity contribution >= 4 is 23.3 Å². The normalized spacial score (nSPS) is 10.1. The SMILES string of the molecule is CCOc1nc(NC)nc(Nc2ccc(N(C)C)cc2)n1. The third-order valence-electron chi connectivity index (χ3n) is 2.75. The molecule has 1 aromatic heterocycles. The summed E-state index contributed by atoms with van der Waals surface area (Å²) >= 11 is 0. The van der Waals surface area contributed by atoms with Crippen LogP contribution in [0.2, 0.25) is 0 Å². The van der Waals surface area contributed by atoms with E-state index < -0.39 is 0 Å².